The fourth-order valence-corrected chi connectivity index (χ4v) is 2.97. The lowest BCUT2D eigenvalue weighted by atomic mass is 10.1. The highest BCUT2D eigenvalue weighted by atomic mass is 16.2. The molecule has 5 nitrogen and oxygen atoms in total. The van der Waals surface area contributed by atoms with Gasteiger partial charge in [0.15, 0.2) is 0 Å². The van der Waals surface area contributed by atoms with E-state index in [1.807, 2.05) is 86.6 Å². The maximum Gasteiger partial charge on any atom is 0.315 e. The zero-order valence-corrected chi connectivity index (χ0v) is 17.4. The molecule has 3 N–H and O–H groups in total. The Morgan fingerprint density at radius 2 is 1.13 bits per heavy atom. The Morgan fingerprint density at radius 1 is 0.633 bits per heavy atom. The highest BCUT2D eigenvalue weighted by Crippen LogP contribution is 2.07. The Balaban J connectivity index is 1.45. The second-order valence-electron chi connectivity index (χ2n) is 7.39. The molecule has 0 heterocycles. The Morgan fingerprint density at radius 3 is 1.73 bits per heavy atom. The first-order valence-electron chi connectivity index (χ1n) is 9.99. The van der Waals surface area contributed by atoms with Crippen molar-refractivity contribution in [3.05, 3.63) is 106 Å². The minimum Gasteiger partial charge on any atom is -0.348 e. The number of benzene rings is 3. The van der Waals surface area contributed by atoms with Crippen molar-refractivity contribution in [1.82, 2.24) is 16.0 Å². The van der Waals surface area contributed by atoms with Crippen molar-refractivity contribution in [2.24, 2.45) is 0 Å². The molecule has 0 unspecified atom stereocenters. The molecule has 0 aliphatic carbocycles. The predicted octanol–water partition coefficient (Wildman–Crippen LogP) is 4.23. The van der Waals surface area contributed by atoms with Gasteiger partial charge in [-0.2, -0.15) is 0 Å². The molecule has 0 saturated heterocycles. The largest absolute Gasteiger partial charge is 0.348 e. The van der Waals surface area contributed by atoms with Gasteiger partial charge in [0.1, 0.15) is 0 Å². The molecular formula is C25H27N3O2. The summed E-state index contributed by atoms with van der Waals surface area (Å²) in [5.74, 6) is -0.103. The average molecular weight is 402 g/mol. The Labute approximate surface area is 177 Å². The molecule has 0 spiro atoms. The first kappa shape index (κ1) is 21.1. The van der Waals surface area contributed by atoms with Crippen LogP contribution in [0.5, 0.6) is 0 Å². The molecule has 0 aromatic heterocycles. The lowest BCUT2D eigenvalue weighted by Gasteiger charge is -2.10. The summed E-state index contributed by atoms with van der Waals surface area (Å²) in [4.78, 5) is 24.3. The molecule has 3 aromatic rings. The molecule has 3 rings (SSSR count). The van der Waals surface area contributed by atoms with Crippen molar-refractivity contribution in [1.29, 1.82) is 0 Å². The molecule has 154 valence electrons. The van der Waals surface area contributed by atoms with Crippen LogP contribution < -0.4 is 16.0 Å². The molecule has 3 aromatic carbocycles. The van der Waals surface area contributed by atoms with Gasteiger partial charge in [-0.3, -0.25) is 4.79 Å². The fraction of sp³-hybridized carbons (Fsp3) is 0.200. The fourth-order valence-electron chi connectivity index (χ4n) is 2.97. The van der Waals surface area contributed by atoms with Crippen LogP contribution in [0.1, 0.15) is 38.2 Å². The molecule has 3 amide bonds. The number of carbonyl (C=O) groups excluding carboxylic acids is 2. The molecule has 0 bridgehead atoms. The second-order valence-corrected chi connectivity index (χ2v) is 7.39. The van der Waals surface area contributed by atoms with Crippen LogP contribution in [0, 0.1) is 13.8 Å². The molecule has 5 heteroatoms. The third-order valence-corrected chi connectivity index (χ3v) is 4.78. The molecule has 30 heavy (non-hydrogen) atoms. The predicted molar refractivity (Wildman–Crippen MR) is 119 cm³/mol. The van der Waals surface area contributed by atoms with Gasteiger partial charge in [-0.1, -0.05) is 71.8 Å². The summed E-state index contributed by atoms with van der Waals surface area (Å²) in [5, 5.41) is 8.66. The summed E-state index contributed by atoms with van der Waals surface area (Å²) in [6.07, 6.45) is 0. The smallest absolute Gasteiger partial charge is 0.315 e. The number of hydrogen-bond acceptors (Lipinski definition) is 2. The van der Waals surface area contributed by atoms with Gasteiger partial charge < -0.3 is 16.0 Å². The van der Waals surface area contributed by atoms with Crippen molar-refractivity contribution in [3.8, 4) is 0 Å². The third kappa shape index (κ3) is 6.48. The van der Waals surface area contributed by atoms with Crippen molar-refractivity contribution in [3.63, 3.8) is 0 Å². The second kappa shape index (κ2) is 10.3. The highest BCUT2D eigenvalue weighted by molar-refractivity contribution is 5.94. The van der Waals surface area contributed by atoms with Gasteiger partial charge in [0, 0.05) is 25.2 Å². The van der Waals surface area contributed by atoms with Crippen LogP contribution in [0.25, 0.3) is 0 Å². The Hall–Kier alpha value is -3.60. The lowest BCUT2D eigenvalue weighted by Crippen LogP contribution is -2.34. The third-order valence-electron chi connectivity index (χ3n) is 4.78. The molecular weight excluding hydrogens is 374 g/mol. The van der Waals surface area contributed by atoms with Crippen molar-refractivity contribution < 1.29 is 9.59 Å². The van der Waals surface area contributed by atoms with E-state index >= 15 is 0 Å². The summed E-state index contributed by atoms with van der Waals surface area (Å²) in [7, 11) is 0. The van der Waals surface area contributed by atoms with E-state index in [4.69, 9.17) is 0 Å². The number of urea groups is 1. The number of amides is 3. The minimum absolute atomic E-state index is 0.103. The van der Waals surface area contributed by atoms with Crippen molar-refractivity contribution >= 4 is 11.9 Å². The van der Waals surface area contributed by atoms with Crippen LogP contribution in [0.3, 0.4) is 0 Å². The van der Waals surface area contributed by atoms with E-state index in [-0.39, 0.29) is 11.9 Å². The zero-order valence-electron chi connectivity index (χ0n) is 17.4. The van der Waals surface area contributed by atoms with Crippen LogP contribution in [-0.2, 0) is 19.6 Å². The Bertz CT molecular complexity index is 996. The zero-order chi connectivity index (χ0) is 21.3. The summed E-state index contributed by atoms with van der Waals surface area (Å²) < 4.78 is 0. The van der Waals surface area contributed by atoms with Crippen LogP contribution in [-0.4, -0.2) is 11.9 Å². The lowest BCUT2D eigenvalue weighted by molar-refractivity contribution is 0.0951. The van der Waals surface area contributed by atoms with Crippen LogP contribution in [0.2, 0.25) is 0 Å². The Kier molecular flexibility index (Phi) is 7.22. The molecule has 0 atom stereocenters. The van der Waals surface area contributed by atoms with E-state index < -0.39 is 0 Å². The standard InChI is InChI=1S/C25H27N3O2/c1-18-6-10-20(11-7-18)15-27-25(30)28-17-22-5-3-4-21(14-22)16-26-24(29)23-12-8-19(2)9-13-23/h3-14H,15-17H2,1-2H3,(H,26,29)(H2,27,28,30). The molecule has 0 aliphatic rings. The minimum atomic E-state index is -0.214. The van der Waals surface area contributed by atoms with Crippen LogP contribution >= 0.6 is 0 Å². The van der Waals surface area contributed by atoms with Gasteiger partial charge in [-0.05, 0) is 42.7 Å². The average Bonchev–Trinajstić information content (AvgIpc) is 2.76. The number of aryl methyl sites for hydroxylation is 2. The first-order valence-corrected chi connectivity index (χ1v) is 9.99. The SMILES string of the molecule is Cc1ccc(CNC(=O)NCc2cccc(CNC(=O)c3ccc(C)cc3)c2)cc1. The van der Waals surface area contributed by atoms with Crippen LogP contribution in [0.4, 0.5) is 4.79 Å². The first-order chi connectivity index (χ1) is 14.5. The van der Waals surface area contributed by atoms with Crippen molar-refractivity contribution in [2.45, 2.75) is 33.5 Å². The van der Waals surface area contributed by atoms with Gasteiger partial charge >= 0.3 is 6.03 Å². The number of hydrogen-bond donors (Lipinski definition) is 3. The molecule has 0 fully saturated rings. The number of nitrogens with one attached hydrogen (secondary N) is 3. The van der Waals surface area contributed by atoms with E-state index in [1.54, 1.807) is 0 Å². The topological polar surface area (TPSA) is 70.2 Å². The summed E-state index contributed by atoms with van der Waals surface area (Å²) in [5.41, 5.74) is 5.97. The van der Waals surface area contributed by atoms with E-state index in [1.165, 1.54) is 5.56 Å². The van der Waals surface area contributed by atoms with Gasteiger partial charge in [0.25, 0.3) is 5.91 Å². The van der Waals surface area contributed by atoms with Gasteiger partial charge in [-0.15, -0.1) is 0 Å². The van der Waals surface area contributed by atoms with Gasteiger partial charge in [-0.25, -0.2) is 4.79 Å². The van der Waals surface area contributed by atoms with Crippen LogP contribution in [0.15, 0.2) is 72.8 Å². The summed E-state index contributed by atoms with van der Waals surface area (Å²) >= 11 is 0. The van der Waals surface area contributed by atoms with E-state index in [0.717, 1.165) is 22.3 Å². The van der Waals surface area contributed by atoms with Gasteiger partial charge in [0.2, 0.25) is 0 Å². The maximum absolute atomic E-state index is 12.3. The molecule has 0 radical (unpaired) electrons. The number of rotatable bonds is 7. The number of carbonyl (C=O) groups is 2. The highest BCUT2D eigenvalue weighted by Gasteiger charge is 2.06. The summed E-state index contributed by atoms with van der Waals surface area (Å²) in [6, 6.07) is 23.1. The summed E-state index contributed by atoms with van der Waals surface area (Å²) in [6.45, 7) is 5.35. The van der Waals surface area contributed by atoms with Gasteiger partial charge in [0.05, 0.1) is 0 Å². The van der Waals surface area contributed by atoms with E-state index in [9.17, 15) is 9.59 Å². The quantitative estimate of drug-likeness (QED) is 0.554. The molecule has 0 saturated carbocycles. The van der Waals surface area contributed by atoms with Crippen molar-refractivity contribution in [2.75, 3.05) is 0 Å². The van der Waals surface area contributed by atoms with E-state index in [2.05, 4.69) is 16.0 Å². The molecule has 0 aliphatic heterocycles. The monoisotopic (exact) mass is 401 g/mol. The van der Waals surface area contributed by atoms with E-state index in [0.29, 0.717) is 25.2 Å². The maximum atomic E-state index is 12.3. The normalized spacial score (nSPS) is 10.3.